The highest BCUT2D eigenvalue weighted by atomic mass is 35.5. The number of non-ortho nitro benzene ring substituents is 1. The molecule has 0 aliphatic rings. The van der Waals surface area contributed by atoms with Crippen LogP contribution in [0.5, 0.6) is 0 Å². The summed E-state index contributed by atoms with van der Waals surface area (Å²) in [6.45, 7) is 0.506. The number of hydrogen-bond donors (Lipinski definition) is 1. The largest absolute Gasteiger partial charge is 0.342 e. The molecule has 0 bridgehead atoms. The average Bonchev–Trinajstić information content (AvgIpc) is 3.13. The van der Waals surface area contributed by atoms with Crippen molar-refractivity contribution in [1.82, 2.24) is 4.57 Å². The Kier molecular flexibility index (Phi) is 6.25. The maximum Gasteiger partial charge on any atom is 0.301 e. The number of anilines is 1. The van der Waals surface area contributed by atoms with E-state index in [2.05, 4.69) is 10.5 Å². The van der Waals surface area contributed by atoms with Gasteiger partial charge in [0.05, 0.1) is 22.1 Å². The number of fused-ring (bicyclic) bond motifs is 1. The van der Waals surface area contributed by atoms with Gasteiger partial charge in [-0.15, -0.1) is 0 Å². The predicted octanol–water partition coefficient (Wildman–Crippen LogP) is 6.26. The molecule has 1 aromatic heterocycles. The van der Waals surface area contributed by atoms with E-state index in [1.54, 1.807) is 12.1 Å². The van der Waals surface area contributed by atoms with Crippen LogP contribution in [-0.4, -0.2) is 20.6 Å². The third-order valence-corrected chi connectivity index (χ3v) is 5.54. The predicted molar refractivity (Wildman–Crippen MR) is 128 cm³/mol. The van der Waals surface area contributed by atoms with Gasteiger partial charge in [-0.2, -0.15) is 5.10 Å². The van der Waals surface area contributed by atoms with Gasteiger partial charge in [0.2, 0.25) is 0 Å². The lowest BCUT2D eigenvalue weighted by Crippen LogP contribution is -1.99. The number of benzene rings is 3. The van der Waals surface area contributed by atoms with E-state index in [1.165, 1.54) is 18.3 Å². The molecule has 0 spiro atoms. The highest BCUT2D eigenvalue weighted by Crippen LogP contribution is 2.29. The molecular weight excluding hydrogens is 469 g/mol. The Morgan fingerprint density at radius 3 is 2.52 bits per heavy atom. The molecule has 0 saturated carbocycles. The van der Waals surface area contributed by atoms with E-state index in [4.69, 9.17) is 23.2 Å². The molecule has 0 atom stereocenters. The fraction of sp³-hybridized carbons (Fsp3) is 0.0455. The van der Waals surface area contributed by atoms with Crippen LogP contribution >= 0.6 is 23.2 Å². The second kappa shape index (κ2) is 9.27. The second-order valence-electron chi connectivity index (χ2n) is 7.05. The SMILES string of the molecule is O=[N+]([O-])c1ccc(N/N=C/c2cn(Cc3ccc(Cl)cc3Cl)c3ccccc23)c([N+](=O)[O-])c1. The van der Waals surface area contributed by atoms with Crippen LogP contribution < -0.4 is 5.43 Å². The van der Waals surface area contributed by atoms with E-state index in [1.807, 2.05) is 41.1 Å². The van der Waals surface area contributed by atoms with E-state index in [-0.39, 0.29) is 11.4 Å². The molecule has 0 amide bonds. The lowest BCUT2D eigenvalue weighted by molar-refractivity contribution is -0.393. The van der Waals surface area contributed by atoms with Crippen molar-refractivity contribution in [2.45, 2.75) is 6.54 Å². The van der Waals surface area contributed by atoms with Crippen molar-refractivity contribution in [1.29, 1.82) is 0 Å². The Morgan fingerprint density at radius 2 is 1.79 bits per heavy atom. The Labute approximate surface area is 197 Å². The minimum absolute atomic E-state index is 0.0403. The molecule has 0 aliphatic carbocycles. The van der Waals surface area contributed by atoms with Gasteiger partial charge in [-0.05, 0) is 29.8 Å². The van der Waals surface area contributed by atoms with Gasteiger partial charge in [-0.3, -0.25) is 25.7 Å². The molecule has 9 nitrogen and oxygen atoms in total. The van der Waals surface area contributed by atoms with Crippen molar-refractivity contribution in [3.63, 3.8) is 0 Å². The molecular formula is C22H15Cl2N5O4. The highest BCUT2D eigenvalue weighted by Gasteiger charge is 2.19. The zero-order chi connectivity index (χ0) is 23.5. The number of hydrazone groups is 1. The van der Waals surface area contributed by atoms with Gasteiger partial charge < -0.3 is 4.57 Å². The standard InChI is InChI=1S/C22H15Cl2N5O4/c23-16-6-5-14(19(24)9-16)12-27-13-15(18-3-1-2-4-21(18)27)11-25-26-20-8-7-17(28(30)31)10-22(20)29(32)33/h1-11,13,26H,12H2/b25-11+. The van der Waals surface area contributed by atoms with Crippen molar-refractivity contribution in [2.75, 3.05) is 5.43 Å². The number of hydrogen-bond acceptors (Lipinski definition) is 6. The molecule has 0 aliphatic heterocycles. The first-order chi connectivity index (χ1) is 15.8. The molecule has 1 heterocycles. The minimum atomic E-state index is -0.702. The first kappa shape index (κ1) is 22.3. The van der Waals surface area contributed by atoms with Gasteiger partial charge in [0.1, 0.15) is 5.69 Å². The van der Waals surface area contributed by atoms with Crippen LogP contribution in [0.1, 0.15) is 11.1 Å². The van der Waals surface area contributed by atoms with Crippen LogP contribution in [0.15, 0.2) is 72.0 Å². The van der Waals surface area contributed by atoms with Crippen molar-refractivity contribution >= 4 is 57.4 Å². The van der Waals surface area contributed by atoms with Gasteiger partial charge in [0, 0.05) is 45.3 Å². The summed E-state index contributed by atoms with van der Waals surface area (Å²) in [6.07, 6.45) is 3.43. The molecule has 0 fully saturated rings. The monoisotopic (exact) mass is 483 g/mol. The highest BCUT2D eigenvalue weighted by molar-refractivity contribution is 6.35. The Hall–Kier alpha value is -3.95. The lowest BCUT2D eigenvalue weighted by atomic mass is 10.2. The van der Waals surface area contributed by atoms with Crippen LogP contribution in [-0.2, 0) is 6.54 Å². The number of halogens is 2. The molecule has 0 saturated heterocycles. The maximum atomic E-state index is 11.3. The molecule has 166 valence electrons. The number of nitro groups is 2. The van der Waals surface area contributed by atoms with Crippen LogP contribution in [0, 0.1) is 20.2 Å². The van der Waals surface area contributed by atoms with Gasteiger partial charge in [0.15, 0.2) is 0 Å². The van der Waals surface area contributed by atoms with Gasteiger partial charge in [0.25, 0.3) is 5.69 Å². The van der Waals surface area contributed by atoms with Crippen LogP contribution in [0.4, 0.5) is 17.1 Å². The zero-order valence-corrected chi connectivity index (χ0v) is 18.3. The number of rotatable bonds is 7. The summed E-state index contributed by atoms with van der Waals surface area (Å²) >= 11 is 12.3. The topological polar surface area (TPSA) is 116 Å². The number of nitrogens with zero attached hydrogens (tertiary/aromatic N) is 4. The number of aromatic nitrogens is 1. The normalized spacial score (nSPS) is 11.2. The van der Waals surface area contributed by atoms with E-state index >= 15 is 0 Å². The van der Waals surface area contributed by atoms with Gasteiger partial charge >= 0.3 is 5.69 Å². The molecule has 1 N–H and O–H groups in total. The van der Waals surface area contributed by atoms with Gasteiger partial charge in [-0.1, -0.05) is 47.5 Å². The average molecular weight is 484 g/mol. The zero-order valence-electron chi connectivity index (χ0n) is 16.8. The van der Waals surface area contributed by atoms with E-state index in [9.17, 15) is 20.2 Å². The minimum Gasteiger partial charge on any atom is -0.342 e. The quantitative estimate of drug-likeness (QED) is 0.189. The summed E-state index contributed by atoms with van der Waals surface area (Å²) in [5.41, 5.74) is 4.45. The summed E-state index contributed by atoms with van der Waals surface area (Å²) < 4.78 is 2.01. The molecule has 4 rings (SSSR count). The molecule has 0 radical (unpaired) electrons. The Bertz CT molecular complexity index is 1420. The summed E-state index contributed by atoms with van der Waals surface area (Å²) in [5, 5.41) is 28.4. The Morgan fingerprint density at radius 1 is 1.00 bits per heavy atom. The van der Waals surface area contributed by atoms with Crippen LogP contribution in [0.2, 0.25) is 10.0 Å². The Balaban J connectivity index is 1.63. The van der Waals surface area contributed by atoms with E-state index in [0.29, 0.717) is 16.6 Å². The number of nitrogens with one attached hydrogen (secondary N) is 1. The van der Waals surface area contributed by atoms with E-state index < -0.39 is 15.5 Å². The summed E-state index contributed by atoms with van der Waals surface area (Å²) in [4.78, 5) is 20.8. The number of nitro benzene ring substituents is 2. The smallest absolute Gasteiger partial charge is 0.301 e. The lowest BCUT2D eigenvalue weighted by Gasteiger charge is -2.08. The van der Waals surface area contributed by atoms with Crippen LogP contribution in [0.3, 0.4) is 0 Å². The fourth-order valence-corrected chi connectivity index (χ4v) is 3.86. The molecule has 0 unspecified atom stereocenters. The van der Waals surface area contributed by atoms with Crippen molar-refractivity contribution in [2.24, 2.45) is 5.10 Å². The van der Waals surface area contributed by atoms with E-state index in [0.717, 1.165) is 28.1 Å². The number of para-hydroxylation sites is 1. The molecule has 11 heteroatoms. The van der Waals surface area contributed by atoms with Crippen molar-refractivity contribution in [3.8, 4) is 0 Å². The third-order valence-electron chi connectivity index (χ3n) is 4.95. The molecule has 4 aromatic rings. The maximum absolute atomic E-state index is 11.3. The first-order valence-electron chi connectivity index (χ1n) is 9.57. The summed E-state index contributed by atoms with van der Waals surface area (Å²) in [5.74, 6) is 0. The first-order valence-corrected chi connectivity index (χ1v) is 10.3. The summed E-state index contributed by atoms with van der Waals surface area (Å²) in [6, 6.07) is 16.4. The van der Waals surface area contributed by atoms with Crippen LogP contribution in [0.25, 0.3) is 10.9 Å². The fourth-order valence-electron chi connectivity index (χ4n) is 3.39. The van der Waals surface area contributed by atoms with Crippen molar-refractivity contribution in [3.05, 3.63) is 108 Å². The van der Waals surface area contributed by atoms with Gasteiger partial charge in [-0.25, -0.2) is 0 Å². The third kappa shape index (κ3) is 4.79. The van der Waals surface area contributed by atoms with Crippen molar-refractivity contribution < 1.29 is 9.85 Å². The molecule has 33 heavy (non-hydrogen) atoms. The summed E-state index contributed by atoms with van der Waals surface area (Å²) in [7, 11) is 0. The molecule has 3 aromatic carbocycles. The second-order valence-corrected chi connectivity index (χ2v) is 7.89.